The lowest BCUT2D eigenvalue weighted by atomic mass is 10.2. The van der Waals surface area contributed by atoms with Gasteiger partial charge in [-0.05, 0) is 31.8 Å². The second-order valence-corrected chi connectivity index (χ2v) is 6.43. The molecular formula is C12H21N5S2. The van der Waals surface area contributed by atoms with Gasteiger partial charge in [0.25, 0.3) is 0 Å². The fourth-order valence-electron chi connectivity index (χ4n) is 2.27. The maximum Gasteiger partial charge on any atom is 0.191 e. The highest BCUT2D eigenvalue weighted by atomic mass is 32.2. The third kappa shape index (κ3) is 3.90. The molecule has 1 saturated heterocycles. The number of nitrogens with one attached hydrogen (secondary N) is 1. The molecule has 19 heavy (non-hydrogen) atoms. The van der Waals surface area contributed by atoms with E-state index in [1.54, 1.807) is 0 Å². The van der Waals surface area contributed by atoms with E-state index in [0.717, 1.165) is 29.3 Å². The van der Waals surface area contributed by atoms with Crippen molar-refractivity contribution in [3.63, 3.8) is 0 Å². The smallest absolute Gasteiger partial charge is 0.191 e. The van der Waals surface area contributed by atoms with Crippen molar-refractivity contribution in [1.82, 2.24) is 9.97 Å². The Kier molecular flexibility index (Phi) is 5.59. The van der Waals surface area contributed by atoms with Gasteiger partial charge in [0.1, 0.15) is 11.6 Å². The van der Waals surface area contributed by atoms with Crippen LogP contribution in [0.15, 0.2) is 11.2 Å². The van der Waals surface area contributed by atoms with Crippen LogP contribution in [0.5, 0.6) is 0 Å². The zero-order valence-corrected chi connectivity index (χ0v) is 13.1. The lowest BCUT2D eigenvalue weighted by Crippen LogP contribution is -2.26. The van der Waals surface area contributed by atoms with Gasteiger partial charge >= 0.3 is 0 Å². The Morgan fingerprint density at radius 3 is 2.84 bits per heavy atom. The third-order valence-corrected chi connectivity index (χ3v) is 5.04. The van der Waals surface area contributed by atoms with Crippen molar-refractivity contribution in [3.8, 4) is 0 Å². The summed E-state index contributed by atoms with van der Waals surface area (Å²) in [6, 6.07) is 1.93. The Morgan fingerprint density at radius 1 is 1.32 bits per heavy atom. The van der Waals surface area contributed by atoms with Gasteiger partial charge < -0.3 is 10.3 Å². The SMILES string of the molecule is CSc1nc(NN)cc(N2CCCC(SC)CC2)n1. The Balaban J connectivity index is 2.16. The molecule has 0 saturated carbocycles. The van der Waals surface area contributed by atoms with E-state index in [-0.39, 0.29) is 0 Å². The molecule has 1 aromatic rings. The first kappa shape index (κ1) is 14.7. The zero-order valence-electron chi connectivity index (χ0n) is 11.4. The summed E-state index contributed by atoms with van der Waals surface area (Å²) < 4.78 is 0. The molecule has 0 radical (unpaired) electrons. The zero-order chi connectivity index (χ0) is 13.7. The average molecular weight is 299 g/mol. The summed E-state index contributed by atoms with van der Waals surface area (Å²) in [6.07, 6.45) is 7.90. The Labute approximate surface area is 123 Å². The number of hydrogen-bond acceptors (Lipinski definition) is 7. The Bertz CT molecular complexity index is 393. The maximum absolute atomic E-state index is 5.47. The van der Waals surface area contributed by atoms with Crippen LogP contribution in [0.2, 0.25) is 0 Å². The minimum atomic E-state index is 0.681. The fraction of sp³-hybridized carbons (Fsp3) is 0.667. The van der Waals surface area contributed by atoms with Crippen LogP contribution in [0.25, 0.3) is 0 Å². The Hall–Kier alpha value is -0.660. The molecule has 3 N–H and O–H groups in total. The van der Waals surface area contributed by atoms with Gasteiger partial charge in [0.05, 0.1) is 0 Å². The fourth-order valence-corrected chi connectivity index (χ4v) is 3.39. The van der Waals surface area contributed by atoms with Crippen molar-refractivity contribution in [3.05, 3.63) is 6.07 Å². The van der Waals surface area contributed by atoms with Crippen LogP contribution in [0, 0.1) is 0 Å². The van der Waals surface area contributed by atoms with Crippen molar-refractivity contribution >= 4 is 35.2 Å². The van der Waals surface area contributed by atoms with E-state index in [4.69, 9.17) is 5.84 Å². The van der Waals surface area contributed by atoms with Crippen molar-refractivity contribution in [1.29, 1.82) is 0 Å². The Morgan fingerprint density at radius 2 is 2.16 bits per heavy atom. The monoisotopic (exact) mass is 299 g/mol. The van der Waals surface area contributed by atoms with Crippen molar-refractivity contribution < 1.29 is 0 Å². The molecule has 1 aromatic heterocycles. The van der Waals surface area contributed by atoms with Gasteiger partial charge in [-0.1, -0.05) is 11.8 Å². The quantitative estimate of drug-likeness (QED) is 0.382. The van der Waals surface area contributed by atoms with Crippen molar-refractivity contribution in [2.75, 3.05) is 35.9 Å². The molecule has 0 spiro atoms. The molecule has 0 aliphatic carbocycles. The van der Waals surface area contributed by atoms with Crippen LogP contribution in [0.3, 0.4) is 0 Å². The van der Waals surface area contributed by atoms with E-state index in [0.29, 0.717) is 5.82 Å². The predicted octanol–water partition coefficient (Wildman–Crippen LogP) is 2.21. The number of aromatic nitrogens is 2. The topological polar surface area (TPSA) is 67.1 Å². The second kappa shape index (κ2) is 7.21. The van der Waals surface area contributed by atoms with E-state index in [2.05, 4.69) is 26.5 Å². The molecule has 1 unspecified atom stereocenters. The van der Waals surface area contributed by atoms with Crippen molar-refractivity contribution in [2.24, 2.45) is 5.84 Å². The largest absolute Gasteiger partial charge is 0.356 e. The lowest BCUT2D eigenvalue weighted by molar-refractivity contribution is 0.745. The van der Waals surface area contributed by atoms with Crippen LogP contribution in [0.1, 0.15) is 19.3 Å². The maximum atomic E-state index is 5.47. The van der Waals surface area contributed by atoms with Gasteiger partial charge in [-0.2, -0.15) is 11.8 Å². The highest BCUT2D eigenvalue weighted by Gasteiger charge is 2.18. The third-order valence-electron chi connectivity index (χ3n) is 3.36. The molecule has 1 aliphatic heterocycles. The number of anilines is 2. The number of rotatable bonds is 4. The highest BCUT2D eigenvalue weighted by Crippen LogP contribution is 2.26. The van der Waals surface area contributed by atoms with E-state index in [1.807, 2.05) is 24.1 Å². The van der Waals surface area contributed by atoms with Gasteiger partial charge in [0, 0.05) is 24.4 Å². The molecule has 0 bridgehead atoms. The molecular weight excluding hydrogens is 278 g/mol. The summed E-state index contributed by atoms with van der Waals surface area (Å²) in [4.78, 5) is 11.2. The molecule has 2 heterocycles. The molecule has 1 aliphatic rings. The highest BCUT2D eigenvalue weighted by molar-refractivity contribution is 7.99. The van der Waals surface area contributed by atoms with E-state index < -0.39 is 0 Å². The van der Waals surface area contributed by atoms with Gasteiger partial charge in [0.15, 0.2) is 5.16 Å². The summed E-state index contributed by atoms with van der Waals surface area (Å²) in [5.41, 5.74) is 2.62. The number of nitrogens with zero attached hydrogens (tertiary/aromatic N) is 3. The molecule has 0 aromatic carbocycles. The summed E-state index contributed by atoms with van der Waals surface area (Å²) in [5, 5.41) is 1.54. The van der Waals surface area contributed by atoms with Gasteiger partial charge in [-0.3, -0.25) is 0 Å². The molecule has 1 atom stereocenters. The molecule has 1 fully saturated rings. The first-order valence-corrected chi connectivity index (χ1v) is 8.95. The van der Waals surface area contributed by atoms with Crippen molar-refractivity contribution in [2.45, 2.75) is 29.7 Å². The molecule has 106 valence electrons. The molecule has 5 nitrogen and oxygen atoms in total. The number of hydrogen-bond donors (Lipinski definition) is 2. The number of nitrogens with two attached hydrogens (primary N) is 1. The van der Waals surface area contributed by atoms with Crippen LogP contribution < -0.4 is 16.2 Å². The summed E-state index contributed by atoms with van der Waals surface area (Å²) in [5.74, 6) is 7.14. The van der Waals surface area contributed by atoms with E-state index in [9.17, 15) is 0 Å². The van der Waals surface area contributed by atoms with Gasteiger partial charge in [-0.25, -0.2) is 15.8 Å². The average Bonchev–Trinajstić information content (AvgIpc) is 2.72. The van der Waals surface area contributed by atoms with Crippen LogP contribution in [0.4, 0.5) is 11.6 Å². The number of nitrogen functional groups attached to an aromatic ring is 1. The number of hydrazine groups is 1. The number of thioether (sulfide) groups is 2. The van der Waals surface area contributed by atoms with E-state index in [1.165, 1.54) is 31.0 Å². The summed E-state index contributed by atoms with van der Waals surface area (Å²) in [7, 11) is 0. The summed E-state index contributed by atoms with van der Waals surface area (Å²) >= 11 is 3.51. The van der Waals surface area contributed by atoms with Gasteiger partial charge in [0.2, 0.25) is 0 Å². The second-order valence-electron chi connectivity index (χ2n) is 4.52. The molecule has 0 amide bonds. The molecule has 7 heteroatoms. The first-order valence-electron chi connectivity index (χ1n) is 6.44. The van der Waals surface area contributed by atoms with Crippen LogP contribution in [-0.2, 0) is 0 Å². The lowest BCUT2D eigenvalue weighted by Gasteiger charge is -2.22. The van der Waals surface area contributed by atoms with Gasteiger partial charge in [-0.15, -0.1) is 0 Å². The standard InChI is InChI=1S/C12H21N5S2/c1-18-9-4-3-6-17(7-5-9)11-8-10(16-13)14-12(15-11)19-2/h8-9H,3-7,13H2,1-2H3,(H,14,15,16). The summed E-state index contributed by atoms with van der Waals surface area (Å²) in [6.45, 7) is 2.12. The molecule has 2 rings (SSSR count). The first-order chi connectivity index (χ1) is 9.26. The van der Waals surface area contributed by atoms with E-state index >= 15 is 0 Å². The minimum Gasteiger partial charge on any atom is -0.356 e. The van der Waals surface area contributed by atoms with Crippen LogP contribution >= 0.6 is 23.5 Å². The van der Waals surface area contributed by atoms with Crippen LogP contribution in [-0.4, -0.2) is 40.8 Å². The minimum absolute atomic E-state index is 0.681. The normalized spacial score (nSPS) is 20.2. The predicted molar refractivity (Wildman–Crippen MR) is 85.0 cm³/mol.